The first-order valence-electron chi connectivity index (χ1n) is 5.44. The summed E-state index contributed by atoms with van der Waals surface area (Å²) in [7, 11) is 0. The molecule has 0 aliphatic carbocycles. The first-order valence-corrected chi connectivity index (χ1v) is 6.49. The van der Waals surface area contributed by atoms with Gasteiger partial charge in [-0.3, -0.25) is 0 Å². The van der Waals surface area contributed by atoms with Crippen molar-refractivity contribution in [2.75, 3.05) is 5.75 Å². The second-order valence-corrected chi connectivity index (χ2v) is 5.66. The average Bonchev–Trinajstić information content (AvgIpc) is 2.66. The Kier molecular flexibility index (Phi) is 3.82. The summed E-state index contributed by atoms with van der Waals surface area (Å²) >= 11 is 1.92. The van der Waals surface area contributed by atoms with Crippen LogP contribution in [0.3, 0.4) is 0 Å². The predicted octanol–water partition coefficient (Wildman–Crippen LogP) is 2.95. The van der Waals surface area contributed by atoms with Crippen molar-refractivity contribution in [1.82, 2.24) is 5.32 Å². The number of hydrogen-bond acceptors (Lipinski definition) is 2. The van der Waals surface area contributed by atoms with Gasteiger partial charge in [-0.25, -0.2) is 8.78 Å². The van der Waals surface area contributed by atoms with Crippen LogP contribution in [0, 0.1) is 11.6 Å². The van der Waals surface area contributed by atoms with Crippen LogP contribution >= 0.6 is 11.8 Å². The number of hydrogen-bond donors (Lipinski definition) is 1. The van der Waals surface area contributed by atoms with Crippen LogP contribution in [0.4, 0.5) is 8.78 Å². The van der Waals surface area contributed by atoms with E-state index in [1.807, 2.05) is 11.8 Å². The Morgan fingerprint density at radius 3 is 2.94 bits per heavy atom. The second-order valence-electron chi connectivity index (χ2n) is 4.19. The number of nitrogens with one attached hydrogen (secondary N) is 1. The van der Waals surface area contributed by atoms with Crippen molar-refractivity contribution in [3.63, 3.8) is 0 Å². The van der Waals surface area contributed by atoms with E-state index in [4.69, 9.17) is 0 Å². The molecular weight excluding hydrogens is 228 g/mol. The summed E-state index contributed by atoms with van der Waals surface area (Å²) in [5, 5.41) is 3.93. The fraction of sp³-hybridized carbons (Fsp3) is 0.500. The van der Waals surface area contributed by atoms with E-state index in [1.54, 1.807) is 0 Å². The Labute approximate surface area is 98.6 Å². The topological polar surface area (TPSA) is 12.0 Å². The number of rotatable bonds is 3. The van der Waals surface area contributed by atoms with Crippen molar-refractivity contribution in [3.05, 3.63) is 35.4 Å². The highest BCUT2D eigenvalue weighted by Gasteiger charge is 2.21. The van der Waals surface area contributed by atoms with Gasteiger partial charge in [0.2, 0.25) is 0 Å². The molecule has 1 aliphatic heterocycles. The fourth-order valence-electron chi connectivity index (χ4n) is 1.89. The van der Waals surface area contributed by atoms with Gasteiger partial charge in [0.15, 0.2) is 0 Å². The normalized spacial score (nSPS) is 24.9. The summed E-state index contributed by atoms with van der Waals surface area (Å²) in [5.74, 6) is 0.331. The van der Waals surface area contributed by atoms with Crippen LogP contribution in [0.1, 0.15) is 18.9 Å². The van der Waals surface area contributed by atoms with Crippen molar-refractivity contribution >= 4 is 11.8 Å². The van der Waals surface area contributed by atoms with E-state index in [1.165, 1.54) is 12.1 Å². The lowest BCUT2D eigenvalue weighted by Crippen LogP contribution is -2.28. The molecule has 0 radical (unpaired) electrons. The van der Waals surface area contributed by atoms with Gasteiger partial charge in [0.1, 0.15) is 11.6 Å². The van der Waals surface area contributed by atoms with Gasteiger partial charge in [-0.2, -0.15) is 11.8 Å². The van der Waals surface area contributed by atoms with E-state index >= 15 is 0 Å². The molecule has 2 rings (SSSR count). The number of thioether (sulfide) groups is 1. The number of benzene rings is 1. The second kappa shape index (κ2) is 5.15. The third kappa shape index (κ3) is 2.95. The Morgan fingerprint density at radius 1 is 1.44 bits per heavy atom. The molecule has 16 heavy (non-hydrogen) atoms. The number of halogens is 2. The van der Waals surface area contributed by atoms with Gasteiger partial charge in [-0.05, 0) is 24.6 Å². The molecule has 4 heteroatoms. The fourth-order valence-corrected chi connectivity index (χ4v) is 3.08. The first kappa shape index (κ1) is 11.9. The highest BCUT2D eigenvalue weighted by molar-refractivity contribution is 8.00. The van der Waals surface area contributed by atoms with Crippen molar-refractivity contribution in [2.45, 2.75) is 31.2 Å². The minimum atomic E-state index is -0.382. The van der Waals surface area contributed by atoms with E-state index in [9.17, 15) is 8.78 Å². The van der Waals surface area contributed by atoms with Gasteiger partial charge in [0, 0.05) is 29.2 Å². The van der Waals surface area contributed by atoms with E-state index in [0.717, 1.165) is 18.2 Å². The Bertz CT molecular complexity index is 370. The van der Waals surface area contributed by atoms with Gasteiger partial charge >= 0.3 is 0 Å². The van der Waals surface area contributed by atoms with Gasteiger partial charge < -0.3 is 5.32 Å². The zero-order chi connectivity index (χ0) is 11.5. The van der Waals surface area contributed by atoms with Crippen molar-refractivity contribution in [3.8, 4) is 0 Å². The van der Waals surface area contributed by atoms with Crippen LogP contribution < -0.4 is 5.32 Å². The lowest BCUT2D eigenvalue weighted by molar-refractivity contribution is 0.516. The molecule has 2 atom stereocenters. The third-order valence-corrected chi connectivity index (χ3v) is 4.14. The molecule has 0 spiro atoms. The smallest absolute Gasteiger partial charge is 0.127 e. The van der Waals surface area contributed by atoms with Crippen LogP contribution in [0.2, 0.25) is 0 Å². The largest absolute Gasteiger partial charge is 0.309 e. The van der Waals surface area contributed by atoms with Crippen molar-refractivity contribution < 1.29 is 8.78 Å². The lowest BCUT2D eigenvalue weighted by Gasteiger charge is -2.12. The zero-order valence-electron chi connectivity index (χ0n) is 9.17. The maximum absolute atomic E-state index is 13.3. The molecule has 0 amide bonds. The third-order valence-electron chi connectivity index (χ3n) is 2.79. The van der Waals surface area contributed by atoms with Crippen molar-refractivity contribution in [1.29, 1.82) is 0 Å². The maximum Gasteiger partial charge on any atom is 0.127 e. The molecule has 1 fully saturated rings. The minimum absolute atomic E-state index is 0.340. The predicted molar refractivity (Wildman–Crippen MR) is 63.5 cm³/mol. The average molecular weight is 243 g/mol. The molecule has 88 valence electrons. The van der Waals surface area contributed by atoms with Crippen LogP contribution in [-0.4, -0.2) is 17.0 Å². The Hall–Kier alpha value is -0.610. The van der Waals surface area contributed by atoms with E-state index in [0.29, 0.717) is 23.4 Å². The summed E-state index contributed by atoms with van der Waals surface area (Å²) in [4.78, 5) is 0. The van der Waals surface area contributed by atoms with Crippen LogP contribution in [0.15, 0.2) is 18.2 Å². The molecule has 0 bridgehead atoms. The van der Waals surface area contributed by atoms with Crippen LogP contribution in [0.25, 0.3) is 0 Å². The molecule has 1 heterocycles. The molecular formula is C12H15F2NS. The maximum atomic E-state index is 13.3. The highest BCUT2D eigenvalue weighted by Crippen LogP contribution is 2.26. The van der Waals surface area contributed by atoms with Gasteiger partial charge in [-0.1, -0.05) is 6.92 Å². The molecule has 1 N–H and O–H groups in total. The summed E-state index contributed by atoms with van der Waals surface area (Å²) in [5.41, 5.74) is 0.407. The summed E-state index contributed by atoms with van der Waals surface area (Å²) in [6.07, 6.45) is 1.10. The quantitative estimate of drug-likeness (QED) is 0.876. The molecule has 0 aromatic heterocycles. The van der Waals surface area contributed by atoms with E-state index < -0.39 is 0 Å². The SMILES string of the molecule is CC1CC(NCc2cc(F)ccc2F)CS1. The van der Waals surface area contributed by atoms with Crippen LogP contribution in [0.5, 0.6) is 0 Å². The summed E-state index contributed by atoms with van der Waals surface area (Å²) in [6, 6.07) is 4.00. The van der Waals surface area contributed by atoms with E-state index in [-0.39, 0.29) is 11.6 Å². The standard InChI is InChI=1S/C12H15F2NS/c1-8-4-11(7-16-8)15-6-9-5-10(13)2-3-12(9)14/h2-3,5,8,11,15H,4,6-7H2,1H3. The first-order chi connectivity index (χ1) is 7.65. The van der Waals surface area contributed by atoms with Gasteiger partial charge in [0.25, 0.3) is 0 Å². The Balaban J connectivity index is 1.91. The summed E-state index contributed by atoms with van der Waals surface area (Å²) in [6.45, 7) is 2.59. The minimum Gasteiger partial charge on any atom is -0.309 e. The van der Waals surface area contributed by atoms with Gasteiger partial charge in [-0.15, -0.1) is 0 Å². The zero-order valence-corrected chi connectivity index (χ0v) is 9.99. The molecule has 1 nitrogen and oxygen atoms in total. The molecule has 1 aliphatic rings. The lowest BCUT2D eigenvalue weighted by atomic mass is 10.1. The molecule has 2 unspecified atom stereocenters. The van der Waals surface area contributed by atoms with E-state index in [2.05, 4.69) is 12.2 Å². The Morgan fingerprint density at radius 2 is 2.25 bits per heavy atom. The van der Waals surface area contributed by atoms with Crippen molar-refractivity contribution in [2.24, 2.45) is 0 Å². The van der Waals surface area contributed by atoms with Gasteiger partial charge in [0.05, 0.1) is 0 Å². The van der Waals surface area contributed by atoms with Crippen LogP contribution in [-0.2, 0) is 6.54 Å². The molecule has 0 saturated carbocycles. The summed E-state index contributed by atoms with van der Waals surface area (Å²) < 4.78 is 26.2. The molecule has 1 saturated heterocycles. The molecule has 1 aromatic rings. The highest BCUT2D eigenvalue weighted by atomic mass is 32.2. The monoisotopic (exact) mass is 243 g/mol. The molecule has 1 aromatic carbocycles.